The van der Waals surface area contributed by atoms with Gasteiger partial charge in [-0.3, -0.25) is 0 Å². The number of Topliss-reactive ketones (excluding diaryl/α,β-unsaturated/α-hetero) is 1. The van der Waals surface area contributed by atoms with Gasteiger partial charge in [-0.25, -0.2) is 0 Å². The Morgan fingerprint density at radius 1 is 1.41 bits per heavy atom. The van der Waals surface area contributed by atoms with Crippen LogP contribution in [0.1, 0.15) is 24.5 Å². The van der Waals surface area contributed by atoms with E-state index >= 15 is 0 Å². The molecule has 0 bridgehead atoms. The highest BCUT2D eigenvalue weighted by Gasteiger charge is 2.11. The second kappa shape index (κ2) is 4.53. The SMILES string of the molecule is CC(=O)CCc1cn(C)c2c(C)c(Cl)ccc12. The Bertz CT molecular complexity index is 583. The van der Waals surface area contributed by atoms with Crippen molar-refractivity contribution in [1.29, 1.82) is 0 Å². The number of carbonyl (C=O) groups is 1. The Hall–Kier alpha value is -1.28. The molecule has 17 heavy (non-hydrogen) atoms. The second-order valence-electron chi connectivity index (χ2n) is 4.54. The van der Waals surface area contributed by atoms with Crippen molar-refractivity contribution >= 4 is 28.3 Å². The maximum atomic E-state index is 11.1. The van der Waals surface area contributed by atoms with Gasteiger partial charge in [0.15, 0.2) is 0 Å². The van der Waals surface area contributed by atoms with Crippen LogP contribution in [0.3, 0.4) is 0 Å². The van der Waals surface area contributed by atoms with Crippen molar-refractivity contribution in [1.82, 2.24) is 4.57 Å². The number of ketones is 1. The van der Waals surface area contributed by atoms with Gasteiger partial charge >= 0.3 is 0 Å². The summed E-state index contributed by atoms with van der Waals surface area (Å²) in [4.78, 5) is 11.1. The average Bonchev–Trinajstić information content (AvgIpc) is 2.58. The Morgan fingerprint density at radius 2 is 2.12 bits per heavy atom. The van der Waals surface area contributed by atoms with E-state index in [0.717, 1.165) is 22.5 Å². The highest BCUT2D eigenvalue weighted by molar-refractivity contribution is 6.32. The third-order valence-corrected chi connectivity index (χ3v) is 3.57. The normalized spacial score (nSPS) is 11.1. The van der Waals surface area contributed by atoms with Crippen LogP contribution in [-0.4, -0.2) is 10.4 Å². The lowest BCUT2D eigenvalue weighted by molar-refractivity contribution is -0.116. The Balaban J connectivity index is 2.52. The van der Waals surface area contributed by atoms with E-state index in [-0.39, 0.29) is 5.78 Å². The van der Waals surface area contributed by atoms with Gasteiger partial charge in [-0.1, -0.05) is 17.7 Å². The zero-order valence-electron chi connectivity index (χ0n) is 10.4. The highest BCUT2D eigenvalue weighted by atomic mass is 35.5. The largest absolute Gasteiger partial charge is 0.350 e. The van der Waals surface area contributed by atoms with Crippen LogP contribution in [-0.2, 0) is 18.3 Å². The first-order chi connectivity index (χ1) is 8.00. The average molecular weight is 250 g/mol. The molecule has 1 heterocycles. The molecule has 0 N–H and O–H groups in total. The number of benzene rings is 1. The molecular weight excluding hydrogens is 234 g/mol. The summed E-state index contributed by atoms with van der Waals surface area (Å²) in [7, 11) is 2.02. The second-order valence-corrected chi connectivity index (χ2v) is 4.94. The molecule has 2 nitrogen and oxygen atoms in total. The first-order valence-corrected chi connectivity index (χ1v) is 6.11. The number of aryl methyl sites for hydroxylation is 3. The van der Waals surface area contributed by atoms with Crippen molar-refractivity contribution in [3.8, 4) is 0 Å². The summed E-state index contributed by atoms with van der Waals surface area (Å²) in [5.41, 5.74) is 3.48. The maximum Gasteiger partial charge on any atom is 0.130 e. The molecule has 0 aliphatic carbocycles. The number of rotatable bonds is 3. The number of fused-ring (bicyclic) bond motifs is 1. The van der Waals surface area contributed by atoms with Crippen LogP contribution in [0.4, 0.5) is 0 Å². The molecule has 0 saturated carbocycles. The van der Waals surface area contributed by atoms with Crippen LogP contribution < -0.4 is 0 Å². The van der Waals surface area contributed by atoms with Crippen molar-refractivity contribution in [3.05, 3.63) is 34.5 Å². The minimum atomic E-state index is 0.229. The highest BCUT2D eigenvalue weighted by Crippen LogP contribution is 2.29. The first kappa shape index (κ1) is 12.2. The number of hydrogen-bond acceptors (Lipinski definition) is 1. The van der Waals surface area contributed by atoms with Crippen molar-refractivity contribution in [2.75, 3.05) is 0 Å². The van der Waals surface area contributed by atoms with E-state index in [1.807, 2.05) is 26.1 Å². The molecular formula is C14H16ClNO. The molecule has 0 fully saturated rings. The third-order valence-electron chi connectivity index (χ3n) is 3.16. The van der Waals surface area contributed by atoms with Gasteiger partial charge in [-0.15, -0.1) is 0 Å². The molecule has 0 spiro atoms. The van der Waals surface area contributed by atoms with E-state index in [2.05, 4.69) is 10.8 Å². The summed E-state index contributed by atoms with van der Waals surface area (Å²) in [6.45, 7) is 3.66. The minimum Gasteiger partial charge on any atom is -0.350 e. The molecule has 0 aliphatic rings. The monoisotopic (exact) mass is 249 g/mol. The lowest BCUT2D eigenvalue weighted by Crippen LogP contribution is -1.93. The van der Waals surface area contributed by atoms with Gasteiger partial charge in [0.2, 0.25) is 0 Å². The summed E-state index contributed by atoms with van der Waals surface area (Å²) >= 11 is 6.13. The van der Waals surface area contributed by atoms with Crippen LogP contribution in [0.2, 0.25) is 5.02 Å². The lowest BCUT2D eigenvalue weighted by atomic mass is 10.1. The first-order valence-electron chi connectivity index (χ1n) is 5.73. The summed E-state index contributed by atoms with van der Waals surface area (Å²) in [6.07, 6.45) is 3.49. The molecule has 3 heteroatoms. The molecule has 0 radical (unpaired) electrons. The van der Waals surface area contributed by atoms with E-state index in [9.17, 15) is 4.79 Å². The maximum absolute atomic E-state index is 11.1. The molecule has 0 amide bonds. The van der Waals surface area contributed by atoms with E-state index in [0.29, 0.717) is 6.42 Å². The van der Waals surface area contributed by atoms with Gasteiger partial charge in [0.1, 0.15) is 5.78 Å². The van der Waals surface area contributed by atoms with Gasteiger partial charge in [0, 0.05) is 30.1 Å². The van der Waals surface area contributed by atoms with E-state index in [1.54, 1.807) is 6.92 Å². The Morgan fingerprint density at radius 3 is 2.76 bits per heavy atom. The number of aromatic nitrogens is 1. The molecule has 2 aromatic rings. The van der Waals surface area contributed by atoms with Gasteiger partial charge < -0.3 is 9.36 Å². The van der Waals surface area contributed by atoms with Gasteiger partial charge in [-0.05, 0) is 37.5 Å². The molecule has 0 unspecified atom stereocenters. The summed E-state index contributed by atoms with van der Waals surface area (Å²) in [5.74, 6) is 0.229. The van der Waals surface area contributed by atoms with Gasteiger partial charge in [-0.2, -0.15) is 0 Å². The Kier molecular flexibility index (Phi) is 3.25. The molecule has 1 aromatic carbocycles. The fraction of sp³-hybridized carbons (Fsp3) is 0.357. The third kappa shape index (κ3) is 2.22. The van der Waals surface area contributed by atoms with Crippen LogP contribution in [0.15, 0.2) is 18.3 Å². The van der Waals surface area contributed by atoms with Crippen molar-refractivity contribution in [2.24, 2.45) is 7.05 Å². The summed E-state index contributed by atoms with van der Waals surface area (Å²) in [5, 5.41) is 1.99. The minimum absolute atomic E-state index is 0.229. The standard InChI is InChI=1S/C14H16ClNO/c1-9(17)4-5-11-8-16(3)14-10(2)13(15)7-6-12(11)14/h6-8H,4-5H2,1-3H3. The number of carbonyl (C=O) groups excluding carboxylic acids is 1. The number of nitrogens with zero attached hydrogens (tertiary/aromatic N) is 1. The van der Waals surface area contributed by atoms with Crippen LogP contribution >= 0.6 is 11.6 Å². The Labute approximate surface area is 106 Å². The fourth-order valence-corrected chi connectivity index (χ4v) is 2.42. The van der Waals surface area contributed by atoms with Gasteiger partial charge in [0.05, 0.1) is 5.52 Å². The smallest absolute Gasteiger partial charge is 0.130 e. The fourth-order valence-electron chi connectivity index (χ4n) is 2.27. The van der Waals surface area contributed by atoms with E-state index < -0.39 is 0 Å². The molecule has 1 aromatic heterocycles. The number of halogens is 1. The van der Waals surface area contributed by atoms with Gasteiger partial charge in [0.25, 0.3) is 0 Å². The predicted octanol–water partition coefficient (Wildman–Crippen LogP) is 3.66. The van der Waals surface area contributed by atoms with Crippen LogP contribution in [0, 0.1) is 6.92 Å². The summed E-state index contributed by atoms with van der Waals surface area (Å²) < 4.78 is 2.09. The molecule has 90 valence electrons. The molecule has 2 rings (SSSR count). The van der Waals surface area contributed by atoms with Crippen LogP contribution in [0.25, 0.3) is 10.9 Å². The predicted molar refractivity (Wildman–Crippen MR) is 71.7 cm³/mol. The quantitative estimate of drug-likeness (QED) is 0.814. The van der Waals surface area contributed by atoms with Crippen LogP contribution in [0.5, 0.6) is 0 Å². The molecule has 0 aliphatic heterocycles. The van der Waals surface area contributed by atoms with Crippen molar-refractivity contribution < 1.29 is 4.79 Å². The lowest BCUT2D eigenvalue weighted by Gasteiger charge is -2.03. The van der Waals surface area contributed by atoms with Crippen molar-refractivity contribution in [2.45, 2.75) is 26.7 Å². The molecule has 0 saturated heterocycles. The zero-order chi connectivity index (χ0) is 12.6. The summed E-state index contributed by atoms with van der Waals surface area (Å²) in [6, 6.07) is 3.97. The van der Waals surface area contributed by atoms with E-state index in [1.165, 1.54) is 10.9 Å². The zero-order valence-corrected chi connectivity index (χ0v) is 11.1. The molecule has 0 atom stereocenters. The van der Waals surface area contributed by atoms with E-state index in [4.69, 9.17) is 11.6 Å². The number of hydrogen-bond donors (Lipinski definition) is 0. The topological polar surface area (TPSA) is 22.0 Å². The van der Waals surface area contributed by atoms with Crippen molar-refractivity contribution in [3.63, 3.8) is 0 Å².